The zero-order valence-corrected chi connectivity index (χ0v) is 38.7. The molecule has 0 aromatic rings. The average molecular weight is 792 g/mol. The fourth-order valence-corrected chi connectivity index (χ4v) is 6.92. The standard InChI is InChI=1S/C19H37OSe.C17H36.C5H11NS.C3H8.C2H6/c1-2-3-7-12-18(13-8-5-4-6-11-16-21)17-20-19-14-9-10-15-19;1-4-7-9-11-12-14-16-17(6-3)15-13-10-8-5-2;1-2-3-4-5-6-7;1-3-2;1-2/h18-19H,2-17H2,1H3;17H,4-16H2,1-3H3;2,6-7H,1,3-5H2;3H2,1-2H3;1-2H3. The van der Waals surface area contributed by atoms with E-state index in [1.165, 1.54) is 185 Å². The molecule has 2 atom stereocenters. The Morgan fingerprint density at radius 3 is 1.48 bits per heavy atom. The summed E-state index contributed by atoms with van der Waals surface area (Å²) in [5, 5.41) is 1.23. The minimum atomic E-state index is 0.597. The number of rotatable bonds is 31. The summed E-state index contributed by atoms with van der Waals surface area (Å²) in [7, 11) is 0. The molecule has 0 bridgehead atoms. The van der Waals surface area contributed by atoms with E-state index in [0.29, 0.717) is 6.10 Å². The molecule has 1 fully saturated rings. The summed E-state index contributed by atoms with van der Waals surface area (Å²) < 4.78 is 8.94. The predicted octanol–water partition coefficient (Wildman–Crippen LogP) is 16.6. The molecule has 2 unspecified atom stereocenters. The summed E-state index contributed by atoms with van der Waals surface area (Å²) in [6.07, 6.45) is 44.2. The number of hydrogen-bond acceptors (Lipinski definition) is 3. The van der Waals surface area contributed by atoms with Crippen LogP contribution in [-0.2, 0) is 4.74 Å². The molecule has 0 aromatic heterocycles. The van der Waals surface area contributed by atoms with E-state index in [1.807, 2.05) is 19.9 Å². The molecule has 0 aliphatic heterocycles. The van der Waals surface area contributed by atoms with E-state index in [0.717, 1.165) is 37.8 Å². The van der Waals surface area contributed by atoms with Crippen molar-refractivity contribution in [3.8, 4) is 0 Å². The van der Waals surface area contributed by atoms with Crippen molar-refractivity contribution < 1.29 is 4.74 Å². The Morgan fingerprint density at radius 2 is 1.04 bits per heavy atom. The molecule has 1 aliphatic rings. The van der Waals surface area contributed by atoms with Crippen molar-refractivity contribution in [2.45, 2.75) is 259 Å². The van der Waals surface area contributed by atoms with Crippen molar-refractivity contribution in [1.82, 2.24) is 4.72 Å². The van der Waals surface area contributed by atoms with Crippen LogP contribution in [0.4, 0.5) is 0 Å². The van der Waals surface area contributed by atoms with E-state index in [-0.39, 0.29) is 0 Å². The molecule has 1 saturated carbocycles. The molecule has 4 heteroatoms. The van der Waals surface area contributed by atoms with Gasteiger partial charge in [0.05, 0.1) is 0 Å². The number of ether oxygens (including phenoxy) is 1. The number of thiol groups is 1. The van der Waals surface area contributed by atoms with E-state index in [9.17, 15) is 0 Å². The zero-order chi connectivity index (χ0) is 38.2. The molecule has 1 rings (SSSR count). The quantitative estimate of drug-likeness (QED) is 0.0316. The van der Waals surface area contributed by atoms with Crippen LogP contribution in [0.3, 0.4) is 0 Å². The van der Waals surface area contributed by atoms with E-state index >= 15 is 0 Å². The summed E-state index contributed by atoms with van der Waals surface area (Å²) in [6, 6.07) is 0. The monoisotopic (exact) mass is 793 g/mol. The van der Waals surface area contributed by atoms with Crippen LogP contribution >= 0.6 is 12.8 Å². The first kappa shape index (κ1) is 57.3. The maximum atomic E-state index is 6.19. The van der Waals surface area contributed by atoms with Crippen LogP contribution < -0.4 is 4.72 Å². The van der Waals surface area contributed by atoms with Crippen molar-refractivity contribution in [2.24, 2.45) is 11.8 Å². The summed E-state index contributed by atoms with van der Waals surface area (Å²) >= 11 is 6.92. The molecule has 1 aliphatic carbocycles. The van der Waals surface area contributed by atoms with Crippen LogP contribution in [-0.4, -0.2) is 35.3 Å². The molecule has 50 heavy (non-hydrogen) atoms. The Labute approximate surface area is 333 Å². The minimum Gasteiger partial charge on any atom is -0.0654 e. The molecule has 1 radical (unpaired) electrons. The number of unbranched alkanes of at least 4 members (excludes halogenated alkanes) is 15. The molecule has 0 spiro atoms. The third-order valence-corrected chi connectivity index (χ3v) is 10.4. The van der Waals surface area contributed by atoms with Gasteiger partial charge >= 0.3 is 122 Å². The van der Waals surface area contributed by atoms with E-state index in [1.54, 1.807) is 0 Å². The van der Waals surface area contributed by atoms with Crippen molar-refractivity contribution in [3.05, 3.63) is 12.7 Å². The van der Waals surface area contributed by atoms with Crippen LogP contribution in [0, 0.1) is 11.8 Å². The van der Waals surface area contributed by atoms with Crippen molar-refractivity contribution in [3.63, 3.8) is 0 Å². The van der Waals surface area contributed by atoms with Gasteiger partial charge in [0.2, 0.25) is 0 Å². The number of hydrogen-bond donors (Lipinski definition) is 2. The van der Waals surface area contributed by atoms with Crippen LogP contribution in [0.5, 0.6) is 0 Å². The fraction of sp³-hybridized carbons (Fsp3) is 0.957. The molecule has 0 saturated heterocycles. The molecule has 0 heterocycles. The van der Waals surface area contributed by atoms with Crippen LogP contribution in [0.2, 0.25) is 5.32 Å². The Hall–Kier alpha value is 0.529. The van der Waals surface area contributed by atoms with Crippen molar-refractivity contribution in [2.75, 3.05) is 13.2 Å². The van der Waals surface area contributed by atoms with Gasteiger partial charge in [-0.2, -0.15) is 0 Å². The SMILES string of the molecule is C=CCCCNS.CC.CCC.CCCCCC(CCCCCCC[Se])COC1CCCC1.CCCCCCCCC(CC)CCCCCC. The Morgan fingerprint density at radius 1 is 0.640 bits per heavy atom. The summed E-state index contributed by atoms with van der Waals surface area (Å²) in [5.41, 5.74) is 0. The van der Waals surface area contributed by atoms with Crippen LogP contribution in [0.25, 0.3) is 0 Å². The smallest absolute Gasteiger partial charge is 0.0654 e. The third-order valence-electron chi connectivity index (χ3n) is 9.55. The summed E-state index contributed by atoms with van der Waals surface area (Å²) in [5.74, 6) is 1.86. The first-order valence-electron chi connectivity index (χ1n) is 22.7. The summed E-state index contributed by atoms with van der Waals surface area (Å²) in [4.78, 5) is 0. The third kappa shape index (κ3) is 52.9. The van der Waals surface area contributed by atoms with Gasteiger partial charge in [0.15, 0.2) is 0 Å². The van der Waals surface area contributed by atoms with Crippen LogP contribution in [0.1, 0.15) is 248 Å². The van der Waals surface area contributed by atoms with Gasteiger partial charge in [-0.25, -0.2) is 0 Å². The molecule has 0 amide bonds. The van der Waals surface area contributed by atoms with Gasteiger partial charge in [-0.05, 0) is 18.8 Å². The molecule has 0 aromatic carbocycles. The van der Waals surface area contributed by atoms with Gasteiger partial charge in [-0.1, -0.05) is 177 Å². The van der Waals surface area contributed by atoms with Gasteiger partial charge in [-0.15, -0.1) is 6.58 Å². The van der Waals surface area contributed by atoms with Gasteiger partial charge < -0.3 is 0 Å². The predicted molar refractivity (Wildman–Crippen MR) is 238 cm³/mol. The normalized spacial score (nSPS) is 13.4. The van der Waals surface area contributed by atoms with Crippen molar-refractivity contribution >= 4 is 28.8 Å². The van der Waals surface area contributed by atoms with Crippen molar-refractivity contribution in [1.29, 1.82) is 0 Å². The Kier molecular flexibility index (Phi) is 64.4. The van der Waals surface area contributed by atoms with E-state index in [4.69, 9.17) is 4.74 Å². The topological polar surface area (TPSA) is 21.3 Å². The van der Waals surface area contributed by atoms with Gasteiger partial charge in [-0.3, -0.25) is 4.72 Å². The number of nitrogens with one attached hydrogen (secondary N) is 1. The molecule has 1 N–H and O–H groups in total. The van der Waals surface area contributed by atoms with E-state index in [2.05, 4.69) is 81.7 Å². The van der Waals surface area contributed by atoms with Crippen LogP contribution in [0.15, 0.2) is 12.7 Å². The second-order valence-electron chi connectivity index (χ2n) is 14.6. The number of allylic oxidation sites excluding steroid dienone is 1. The van der Waals surface area contributed by atoms with Gasteiger partial charge in [0.25, 0.3) is 0 Å². The molecular formula is C46H98NOSSe. The molecular weight excluding hydrogens is 694 g/mol. The first-order chi connectivity index (χ1) is 24.5. The summed E-state index contributed by atoms with van der Waals surface area (Å²) in [6.45, 7) is 23.1. The van der Waals surface area contributed by atoms with Gasteiger partial charge in [0.1, 0.15) is 0 Å². The minimum absolute atomic E-state index is 0.597. The average Bonchev–Trinajstić information content (AvgIpc) is 3.67. The second kappa shape index (κ2) is 56.3. The van der Waals surface area contributed by atoms with E-state index < -0.39 is 0 Å². The first-order valence-corrected chi connectivity index (χ1v) is 24.4. The fourth-order valence-electron chi connectivity index (χ4n) is 6.34. The Bertz CT molecular complexity index is 542. The Balaban J connectivity index is -0.000000325. The van der Waals surface area contributed by atoms with Gasteiger partial charge in [0, 0.05) is 6.54 Å². The zero-order valence-electron chi connectivity index (χ0n) is 36.1. The molecule has 2 nitrogen and oxygen atoms in total. The second-order valence-corrected chi connectivity index (χ2v) is 15.8. The maximum absolute atomic E-state index is 6.19. The molecule has 305 valence electrons.